The molecule has 2 aliphatic carbocycles. The predicted octanol–water partition coefficient (Wildman–Crippen LogP) is 17.1. The summed E-state index contributed by atoms with van der Waals surface area (Å²) in [6, 6.07) is 93.2. The van der Waals surface area contributed by atoms with E-state index in [0.717, 1.165) is 33.6 Å². The average molecular weight is 875 g/mol. The van der Waals surface area contributed by atoms with Crippen molar-refractivity contribution in [2.24, 2.45) is 0 Å². The number of benzene rings is 11. The van der Waals surface area contributed by atoms with Crippen molar-refractivity contribution in [2.75, 3.05) is 0 Å². The molecule has 0 aliphatic heterocycles. The second-order valence-corrected chi connectivity index (χ2v) is 18.4. The van der Waals surface area contributed by atoms with E-state index < -0.39 is 5.41 Å². The van der Waals surface area contributed by atoms with Gasteiger partial charge in [0.15, 0.2) is 5.82 Å². The lowest BCUT2D eigenvalue weighted by molar-refractivity contribution is 0.775. The third kappa shape index (κ3) is 6.06. The lowest BCUT2D eigenvalue weighted by atomic mass is 9.66. The maximum atomic E-state index is 5.47. The molecular formula is C67H42N2. The van der Waals surface area contributed by atoms with Crippen molar-refractivity contribution >= 4 is 21.5 Å². The highest BCUT2D eigenvalue weighted by molar-refractivity contribution is 6.00. The third-order valence-corrected chi connectivity index (χ3v) is 14.8. The van der Waals surface area contributed by atoms with Gasteiger partial charge in [0.2, 0.25) is 0 Å². The second-order valence-electron chi connectivity index (χ2n) is 18.4. The Bertz CT molecular complexity index is 3810. The molecule has 0 N–H and O–H groups in total. The first-order chi connectivity index (χ1) is 34.2. The van der Waals surface area contributed by atoms with E-state index in [-0.39, 0.29) is 0 Å². The largest absolute Gasteiger partial charge is 0.228 e. The Morgan fingerprint density at radius 3 is 1.14 bits per heavy atom. The molecule has 1 aromatic heterocycles. The van der Waals surface area contributed by atoms with E-state index in [0.29, 0.717) is 5.82 Å². The predicted molar refractivity (Wildman–Crippen MR) is 286 cm³/mol. The molecule has 320 valence electrons. The number of rotatable bonds is 5. The average Bonchev–Trinajstić information content (AvgIpc) is 3.67. The fourth-order valence-corrected chi connectivity index (χ4v) is 11.7. The van der Waals surface area contributed by atoms with E-state index in [1.807, 2.05) is 0 Å². The molecule has 1 spiro atoms. The first-order valence-corrected chi connectivity index (χ1v) is 23.8. The van der Waals surface area contributed by atoms with Crippen LogP contribution in [-0.4, -0.2) is 9.97 Å². The van der Waals surface area contributed by atoms with Crippen LogP contribution in [-0.2, 0) is 5.41 Å². The summed E-state index contributed by atoms with van der Waals surface area (Å²) in [4.78, 5) is 10.8. The highest BCUT2D eigenvalue weighted by Crippen LogP contribution is 2.61. The fraction of sp³-hybridized carbons (Fsp3) is 0.0149. The standard InChI is InChI=1S/C67H42N2/c1-3-19-50-43(15-1)17-13-26-52(50)45-31-35-47(36-32-45)64-42-65(69-66(68-64)48-37-33-46(34-38-48)53-27-14-18-44-16-2-4-20-51(44)53)49-39-40-63-59(41-49)55-22-6-5-21-54(55)56-23-7-10-28-60(56)67(63)61-29-11-8-24-57(61)58-25-9-12-30-62(58)67/h1-42H. The van der Waals surface area contributed by atoms with Gasteiger partial charge in [-0.1, -0.05) is 243 Å². The monoisotopic (exact) mass is 874 g/mol. The molecule has 2 heteroatoms. The lowest BCUT2D eigenvalue weighted by Crippen LogP contribution is -2.29. The molecule has 1 heterocycles. The van der Waals surface area contributed by atoms with Crippen LogP contribution in [0.1, 0.15) is 22.3 Å². The number of aromatic nitrogens is 2. The lowest BCUT2D eigenvalue weighted by Gasteiger charge is -2.35. The Balaban J connectivity index is 0.968. The first-order valence-electron chi connectivity index (χ1n) is 23.8. The molecule has 0 radical (unpaired) electrons. The summed E-state index contributed by atoms with van der Waals surface area (Å²) in [6.07, 6.45) is 0. The zero-order chi connectivity index (χ0) is 45.5. The van der Waals surface area contributed by atoms with Gasteiger partial charge in [-0.05, 0) is 112 Å². The summed E-state index contributed by atoms with van der Waals surface area (Å²) in [5, 5.41) is 4.94. The minimum absolute atomic E-state index is 0.545. The summed E-state index contributed by atoms with van der Waals surface area (Å²) >= 11 is 0. The molecule has 0 bridgehead atoms. The summed E-state index contributed by atoms with van der Waals surface area (Å²) in [6.45, 7) is 0. The van der Waals surface area contributed by atoms with Gasteiger partial charge in [-0.3, -0.25) is 0 Å². The Morgan fingerprint density at radius 2 is 0.594 bits per heavy atom. The van der Waals surface area contributed by atoms with E-state index >= 15 is 0 Å². The van der Waals surface area contributed by atoms with Crippen molar-refractivity contribution in [3.05, 3.63) is 277 Å². The number of hydrogen-bond donors (Lipinski definition) is 0. The van der Waals surface area contributed by atoms with Crippen molar-refractivity contribution in [2.45, 2.75) is 5.41 Å². The quantitative estimate of drug-likeness (QED) is 0.172. The van der Waals surface area contributed by atoms with Crippen LogP contribution in [0, 0.1) is 0 Å². The summed E-state index contributed by atoms with van der Waals surface area (Å²) < 4.78 is 0. The van der Waals surface area contributed by atoms with Crippen molar-refractivity contribution in [1.82, 2.24) is 9.97 Å². The van der Waals surface area contributed by atoms with Crippen LogP contribution >= 0.6 is 0 Å². The van der Waals surface area contributed by atoms with Gasteiger partial charge in [-0.25, -0.2) is 9.97 Å². The van der Waals surface area contributed by atoms with Crippen LogP contribution in [0.5, 0.6) is 0 Å². The molecule has 0 atom stereocenters. The van der Waals surface area contributed by atoms with Crippen LogP contribution in [0.3, 0.4) is 0 Å². The molecule has 0 fully saturated rings. The van der Waals surface area contributed by atoms with E-state index in [9.17, 15) is 0 Å². The Labute approximate surface area is 401 Å². The normalized spacial score (nSPS) is 12.8. The number of nitrogens with zero attached hydrogens (tertiary/aromatic N) is 2. The minimum Gasteiger partial charge on any atom is -0.228 e. The second kappa shape index (κ2) is 15.6. The van der Waals surface area contributed by atoms with Crippen molar-refractivity contribution < 1.29 is 0 Å². The van der Waals surface area contributed by atoms with Crippen LogP contribution in [0.25, 0.3) is 111 Å². The summed E-state index contributed by atoms with van der Waals surface area (Å²) in [7, 11) is 0. The van der Waals surface area contributed by atoms with Crippen molar-refractivity contribution in [1.29, 1.82) is 0 Å². The van der Waals surface area contributed by atoms with Crippen LogP contribution in [0.2, 0.25) is 0 Å². The van der Waals surface area contributed by atoms with Gasteiger partial charge in [-0.2, -0.15) is 0 Å². The molecule has 0 saturated carbocycles. The smallest absolute Gasteiger partial charge is 0.160 e. The Morgan fingerprint density at radius 1 is 0.232 bits per heavy atom. The van der Waals surface area contributed by atoms with Gasteiger partial charge in [0.1, 0.15) is 0 Å². The van der Waals surface area contributed by atoms with E-state index in [1.54, 1.807) is 0 Å². The van der Waals surface area contributed by atoms with Gasteiger partial charge < -0.3 is 0 Å². The maximum absolute atomic E-state index is 5.47. The number of fused-ring (bicyclic) bond motifs is 14. The molecule has 2 nitrogen and oxygen atoms in total. The number of hydrogen-bond acceptors (Lipinski definition) is 2. The molecule has 69 heavy (non-hydrogen) atoms. The zero-order valence-electron chi connectivity index (χ0n) is 37.6. The minimum atomic E-state index is -0.545. The van der Waals surface area contributed by atoms with Gasteiger partial charge in [-0.15, -0.1) is 0 Å². The van der Waals surface area contributed by atoms with E-state index in [2.05, 4.69) is 255 Å². The first kappa shape index (κ1) is 39.2. The third-order valence-electron chi connectivity index (χ3n) is 14.8. The van der Waals surface area contributed by atoms with Gasteiger partial charge in [0.25, 0.3) is 0 Å². The summed E-state index contributed by atoms with van der Waals surface area (Å²) in [5.74, 6) is 0.683. The highest BCUT2D eigenvalue weighted by Gasteiger charge is 2.49. The van der Waals surface area contributed by atoms with Gasteiger partial charge in [0.05, 0.1) is 16.8 Å². The summed E-state index contributed by atoms with van der Waals surface area (Å²) in [5.41, 5.74) is 21.6. The highest BCUT2D eigenvalue weighted by atomic mass is 14.9. The SMILES string of the molecule is c1ccc2c(c1)-c1ccccc1C1(c3ccc(-c4cc(-c5ccc(-c6cccc7ccccc67)cc5)nc(-c5ccc(-c6cccc7ccccc67)cc5)n4)cc3-2)c2ccccc2-c2ccccc21. The van der Waals surface area contributed by atoms with Crippen LogP contribution in [0.4, 0.5) is 0 Å². The molecule has 0 amide bonds. The molecule has 11 aromatic carbocycles. The zero-order valence-corrected chi connectivity index (χ0v) is 37.6. The van der Waals surface area contributed by atoms with Gasteiger partial charge >= 0.3 is 0 Å². The van der Waals surface area contributed by atoms with Crippen LogP contribution < -0.4 is 0 Å². The van der Waals surface area contributed by atoms with Crippen LogP contribution in [0.15, 0.2) is 255 Å². The molecule has 0 unspecified atom stereocenters. The van der Waals surface area contributed by atoms with E-state index in [4.69, 9.17) is 9.97 Å². The Hall–Kier alpha value is -8.98. The van der Waals surface area contributed by atoms with Crippen molar-refractivity contribution in [3.8, 4) is 89.5 Å². The molecule has 2 aliphatic rings. The molecule has 0 saturated heterocycles. The Kier molecular flexibility index (Phi) is 8.84. The fourth-order valence-electron chi connectivity index (χ4n) is 11.7. The topological polar surface area (TPSA) is 25.8 Å². The van der Waals surface area contributed by atoms with Crippen molar-refractivity contribution in [3.63, 3.8) is 0 Å². The van der Waals surface area contributed by atoms with Gasteiger partial charge in [0, 0.05) is 16.7 Å². The molecule has 14 rings (SSSR count). The van der Waals surface area contributed by atoms with E-state index in [1.165, 1.54) is 93.9 Å². The molecule has 12 aromatic rings. The molecular weight excluding hydrogens is 833 g/mol. The maximum Gasteiger partial charge on any atom is 0.160 e.